The Labute approximate surface area is 161 Å². The molecule has 0 bridgehead atoms. The molecule has 0 N–H and O–H groups in total. The first kappa shape index (κ1) is 13.3. The van der Waals surface area contributed by atoms with E-state index >= 15 is 0 Å². The number of aryl methyl sites for hydroxylation is 3. The van der Waals surface area contributed by atoms with Gasteiger partial charge >= 0.3 is 5.62 Å². The zero-order valence-electron chi connectivity index (χ0n) is 16.3. The Morgan fingerprint density at radius 3 is 2.55 bits per heavy atom. The largest absolute Gasteiger partial charge is 0.323 e. The minimum atomic E-state index is -2.23. The summed E-state index contributed by atoms with van der Waals surface area (Å²) in [6.07, 6.45) is 10.1. The van der Waals surface area contributed by atoms with Gasteiger partial charge in [0.1, 0.15) is 0 Å². The van der Waals surface area contributed by atoms with Crippen molar-refractivity contribution in [1.82, 2.24) is 13.7 Å². The third-order valence-electron chi connectivity index (χ3n) is 3.80. The Balaban J connectivity index is 0.00000225. The number of imidazole rings is 1. The van der Waals surface area contributed by atoms with Crippen LogP contribution in [0.5, 0.6) is 0 Å². The minimum Gasteiger partial charge on any atom is -0.323 e. The number of fused-ring (bicyclic) bond motifs is 1. The standard InChI is InChI=1S/C18H20N3.Y/c1-6-13(2)16-12-21(18-19(4)10-11-20(18)5)17-14(3)8-7-9-15(16)17;/h7-11H,1-5H3;/q-1;/i2D3;. The van der Waals surface area contributed by atoms with Crippen LogP contribution in [0.3, 0.4) is 0 Å². The maximum absolute atomic E-state index is 7.82. The van der Waals surface area contributed by atoms with Crippen molar-refractivity contribution < 1.29 is 36.8 Å². The third-order valence-corrected chi connectivity index (χ3v) is 3.80. The molecule has 0 fully saturated rings. The van der Waals surface area contributed by atoms with E-state index in [1.165, 1.54) is 0 Å². The Kier molecular flexibility index (Phi) is 3.93. The van der Waals surface area contributed by atoms with Gasteiger partial charge in [0.15, 0.2) is 0 Å². The molecule has 1 radical (unpaired) electrons. The van der Waals surface area contributed by atoms with E-state index in [0.29, 0.717) is 5.57 Å². The molecule has 1 aromatic carbocycles. The van der Waals surface area contributed by atoms with Gasteiger partial charge in [-0.1, -0.05) is 23.9 Å². The van der Waals surface area contributed by atoms with Gasteiger partial charge in [-0.25, -0.2) is 5.57 Å². The van der Waals surface area contributed by atoms with E-state index in [9.17, 15) is 0 Å². The van der Waals surface area contributed by atoms with Crippen molar-refractivity contribution in [2.75, 3.05) is 0 Å². The van der Waals surface area contributed by atoms with Crippen molar-refractivity contribution >= 4 is 11.3 Å². The fraction of sp³-hybridized carbons (Fsp3) is 0.278. The quantitative estimate of drug-likeness (QED) is 0.541. The van der Waals surface area contributed by atoms with E-state index in [0.717, 1.165) is 22.4 Å². The summed E-state index contributed by atoms with van der Waals surface area (Å²) in [6.45, 7) is 1.43. The van der Waals surface area contributed by atoms with Crippen LogP contribution in [0.4, 0.5) is 5.69 Å². The van der Waals surface area contributed by atoms with Crippen molar-refractivity contribution in [2.45, 2.75) is 20.7 Å². The molecule has 0 unspecified atom stereocenters. The molecule has 3 nitrogen and oxygen atoms in total. The van der Waals surface area contributed by atoms with Gasteiger partial charge in [-0.3, -0.25) is 14.7 Å². The molecular formula is C18H20N3Y-. The summed E-state index contributed by atoms with van der Waals surface area (Å²) in [6, 6.07) is 5.90. The average molecular weight is 370 g/mol. The summed E-state index contributed by atoms with van der Waals surface area (Å²) >= 11 is 0. The summed E-state index contributed by atoms with van der Waals surface area (Å²) in [5, 5.41) is 0. The fourth-order valence-corrected chi connectivity index (χ4v) is 2.75. The van der Waals surface area contributed by atoms with Gasteiger partial charge in [0.2, 0.25) is 0 Å². The van der Waals surface area contributed by atoms with E-state index in [1.54, 1.807) is 6.92 Å². The molecule has 2 heterocycles. The molecule has 0 aliphatic carbocycles. The number of allylic oxidation sites excluding steroid dienone is 3. The SMILES string of the molecule is [2H]C([2H])([2H])C(=[C-]C)C1=[C-][N+](=c2n(C)ccn2C)c2c(C)cccc21.[Y]. The Bertz CT molecular complexity index is 921. The molecule has 3 rings (SSSR count). The minimum absolute atomic E-state index is 0. The average Bonchev–Trinajstić information content (AvgIpc) is 3.00. The topological polar surface area (TPSA) is 12.9 Å². The third kappa shape index (κ3) is 2.61. The van der Waals surface area contributed by atoms with Crippen molar-refractivity contribution in [3.63, 3.8) is 0 Å². The molecule has 2 aromatic rings. The van der Waals surface area contributed by atoms with Gasteiger partial charge in [-0.15, -0.1) is 19.8 Å². The summed E-state index contributed by atoms with van der Waals surface area (Å²) in [7, 11) is 3.92. The van der Waals surface area contributed by atoms with Crippen LogP contribution in [-0.2, 0) is 46.8 Å². The monoisotopic (exact) mass is 370 g/mol. The van der Waals surface area contributed by atoms with Crippen molar-refractivity contribution in [2.24, 2.45) is 14.1 Å². The first-order chi connectivity index (χ1) is 11.3. The van der Waals surface area contributed by atoms with Crippen molar-refractivity contribution in [1.29, 1.82) is 0 Å². The van der Waals surface area contributed by atoms with Crippen molar-refractivity contribution in [3.05, 3.63) is 65.2 Å². The summed E-state index contributed by atoms with van der Waals surface area (Å²) in [5.41, 5.74) is 4.59. The smallest absolute Gasteiger partial charge is 0.302 e. The molecule has 22 heavy (non-hydrogen) atoms. The number of para-hydroxylation sites is 1. The number of hydrogen-bond donors (Lipinski definition) is 0. The number of rotatable bonds is 1. The predicted octanol–water partition coefficient (Wildman–Crippen LogP) is 2.70. The molecule has 0 saturated carbocycles. The second kappa shape index (κ2) is 6.51. The Hall–Kier alpha value is -1.19. The Morgan fingerprint density at radius 1 is 1.27 bits per heavy atom. The van der Waals surface area contributed by atoms with Gasteiger partial charge in [0.05, 0.1) is 26.5 Å². The van der Waals surface area contributed by atoms with Gasteiger partial charge in [-0.05, 0) is 6.92 Å². The fourth-order valence-electron chi connectivity index (χ4n) is 2.75. The van der Waals surface area contributed by atoms with E-state index in [2.05, 4.69) is 12.3 Å². The zero-order valence-corrected chi connectivity index (χ0v) is 16.1. The number of benzene rings is 1. The van der Waals surface area contributed by atoms with Crippen LogP contribution in [0.2, 0.25) is 0 Å². The maximum Gasteiger partial charge on any atom is 0.302 e. The summed E-state index contributed by atoms with van der Waals surface area (Å²) in [5.74, 6) is 0. The molecule has 0 atom stereocenters. The number of hydrogen-bond acceptors (Lipinski definition) is 0. The van der Waals surface area contributed by atoms with E-state index in [4.69, 9.17) is 4.11 Å². The summed E-state index contributed by atoms with van der Waals surface area (Å²) in [4.78, 5) is 0. The van der Waals surface area contributed by atoms with Crippen LogP contribution in [0, 0.1) is 19.2 Å². The molecule has 4 heteroatoms. The van der Waals surface area contributed by atoms with Gasteiger partial charge in [0, 0.05) is 42.5 Å². The second-order valence-corrected chi connectivity index (χ2v) is 5.24. The molecule has 1 aromatic heterocycles. The van der Waals surface area contributed by atoms with E-state index in [-0.39, 0.29) is 38.3 Å². The predicted molar refractivity (Wildman–Crippen MR) is 85.2 cm³/mol. The molecule has 1 aliphatic rings. The van der Waals surface area contributed by atoms with Crippen LogP contribution in [0.15, 0.2) is 36.2 Å². The maximum atomic E-state index is 7.82. The van der Waals surface area contributed by atoms with Gasteiger partial charge < -0.3 is 10.7 Å². The van der Waals surface area contributed by atoms with Crippen LogP contribution in [0.1, 0.15) is 29.0 Å². The van der Waals surface area contributed by atoms with Crippen LogP contribution < -0.4 is 10.2 Å². The first-order valence-electron chi connectivity index (χ1n) is 8.36. The number of nitrogens with zero attached hydrogens (tertiary/aromatic N) is 3. The Morgan fingerprint density at radius 2 is 1.95 bits per heavy atom. The molecule has 0 amide bonds. The molecule has 1 aliphatic heterocycles. The van der Waals surface area contributed by atoms with Crippen molar-refractivity contribution in [3.8, 4) is 0 Å². The summed E-state index contributed by atoms with van der Waals surface area (Å²) < 4.78 is 29.4. The normalized spacial score (nSPS) is 16.4. The molecular weight excluding hydrogens is 347 g/mol. The first-order valence-corrected chi connectivity index (χ1v) is 6.86. The van der Waals surface area contributed by atoms with E-state index < -0.39 is 6.85 Å². The van der Waals surface area contributed by atoms with Gasteiger partial charge in [-0.2, -0.15) is 5.56 Å². The second-order valence-electron chi connectivity index (χ2n) is 5.24. The van der Waals surface area contributed by atoms with Gasteiger partial charge in [0.25, 0.3) is 0 Å². The zero-order chi connectivity index (χ0) is 17.6. The van der Waals surface area contributed by atoms with Crippen LogP contribution in [0.25, 0.3) is 5.57 Å². The molecule has 0 spiro atoms. The number of aromatic nitrogens is 2. The van der Waals surface area contributed by atoms with Crippen LogP contribution >= 0.6 is 0 Å². The van der Waals surface area contributed by atoms with E-state index in [1.807, 2.05) is 65.3 Å². The molecule has 0 saturated heterocycles. The van der Waals surface area contributed by atoms with Crippen LogP contribution in [-0.4, -0.2) is 9.13 Å². The molecule has 111 valence electrons.